The SMILES string of the molecule is CCNC(c1cnn(CC)c1)c1cc2c(s1)CCCC2. The average Bonchev–Trinajstić information content (AvgIpc) is 3.10. The minimum absolute atomic E-state index is 0.302. The van der Waals surface area contributed by atoms with E-state index in [9.17, 15) is 0 Å². The lowest BCUT2D eigenvalue weighted by Gasteiger charge is -2.14. The summed E-state index contributed by atoms with van der Waals surface area (Å²) in [4.78, 5) is 3.06. The second-order valence-corrected chi connectivity index (χ2v) is 6.59. The van der Waals surface area contributed by atoms with Gasteiger partial charge in [-0.25, -0.2) is 0 Å². The van der Waals surface area contributed by atoms with Crippen LogP contribution in [-0.4, -0.2) is 16.3 Å². The van der Waals surface area contributed by atoms with Crippen LogP contribution in [-0.2, 0) is 19.4 Å². The van der Waals surface area contributed by atoms with Crippen LogP contribution in [0, 0.1) is 0 Å². The highest BCUT2D eigenvalue weighted by Crippen LogP contribution is 2.35. The van der Waals surface area contributed by atoms with Gasteiger partial charge in [-0.05, 0) is 50.8 Å². The molecule has 0 saturated heterocycles. The molecule has 0 radical (unpaired) electrons. The number of hydrogen-bond acceptors (Lipinski definition) is 3. The van der Waals surface area contributed by atoms with Gasteiger partial charge in [0.1, 0.15) is 0 Å². The minimum Gasteiger partial charge on any atom is -0.306 e. The number of aryl methyl sites for hydroxylation is 3. The van der Waals surface area contributed by atoms with Crippen molar-refractivity contribution in [3.05, 3.63) is 39.3 Å². The summed E-state index contributed by atoms with van der Waals surface area (Å²) in [5.41, 5.74) is 2.87. The quantitative estimate of drug-likeness (QED) is 0.912. The van der Waals surface area contributed by atoms with Gasteiger partial charge >= 0.3 is 0 Å². The lowest BCUT2D eigenvalue weighted by Crippen LogP contribution is -2.20. The molecule has 1 aliphatic rings. The summed E-state index contributed by atoms with van der Waals surface area (Å²) < 4.78 is 2.01. The Morgan fingerprint density at radius 2 is 2.20 bits per heavy atom. The molecule has 0 spiro atoms. The monoisotopic (exact) mass is 289 g/mol. The number of hydrogen-bond donors (Lipinski definition) is 1. The molecule has 0 aromatic carbocycles. The summed E-state index contributed by atoms with van der Waals surface area (Å²) in [6.07, 6.45) is 9.42. The molecule has 0 saturated carbocycles. The fourth-order valence-electron chi connectivity index (χ4n) is 2.94. The molecule has 2 aromatic heterocycles. The Hall–Kier alpha value is -1.13. The van der Waals surface area contributed by atoms with E-state index < -0.39 is 0 Å². The van der Waals surface area contributed by atoms with Crippen LogP contribution in [0.25, 0.3) is 0 Å². The van der Waals surface area contributed by atoms with Crippen LogP contribution in [0.4, 0.5) is 0 Å². The number of nitrogens with zero attached hydrogens (tertiary/aromatic N) is 2. The predicted octanol–water partition coefficient (Wildman–Crippen LogP) is 3.54. The molecule has 1 N–H and O–H groups in total. The third-order valence-corrected chi connectivity index (χ3v) is 5.32. The van der Waals surface area contributed by atoms with Crippen molar-refractivity contribution in [1.29, 1.82) is 0 Å². The van der Waals surface area contributed by atoms with Crippen LogP contribution in [0.3, 0.4) is 0 Å². The maximum absolute atomic E-state index is 4.43. The first-order valence-electron chi connectivity index (χ1n) is 7.69. The molecule has 1 aliphatic carbocycles. The van der Waals surface area contributed by atoms with Crippen LogP contribution in [0.2, 0.25) is 0 Å². The number of rotatable bonds is 5. The predicted molar refractivity (Wildman–Crippen MR) is 84.4 cm³/mol. The van der Waals surface area contributed by atoms with E-state index in [1.807, 2.05) is 22.2 Å². The van der Waals surface area contributed by atoms with E-state index in [4.69, 9.17) is 0 Å². The fourth-order valence-corrected chi connectivity index (χ4v) is 4.31. The number of fused-ring (bicyclic) bond motifs is 1. The van der Waals surface area contributed by atoms with Gasteiger partial charge in [0.25, 0.3) is 0 Å². The fraction of sp³-hybridized carbons (Fsp3) is 0.562. The zero-order valence-corrected chi connectivity index (χ0v) is 13.2. The average molecular weight is 289 g/mol. The highest BCUT2D eigenvalue weighted by Gasteiger charge is 2.21. The second-order valence-electron chi connectivity index (χ2n) is 5.42. The van der Waals surface area contributed by atoms with Crippen molar-refractivity contribution >= 4 is 11.3 Å². The van der Waals surface area contributed by atoms with E-state index in [1.165, 1.54) is 36.1 Å². The van der Waals surface area contributed by atoms with Gasteiger partial charge in [0.15, 0.2) is 0 Å². The summed E-state index contributed by atoms with van der Waals surface area (Å²) in [6, 6.07) is 2.73. The molecule has 3 nitrogen and oxygen atoms in total. The molecule has 108 valence electrons. The Balaban J connectivity index is 1.91. The Kier molecular flexibility index (Phi) is 4.22. The van der Waals surface area contributed by atoms with Crippen molar-refractivity contribution in [3.8, 4) is 0 Å². The maximum atomic E-state index is 4.43. The van der Waals surface area contributed by atoms with Crippen molar-refractivity contribution in [3.63, 3.8) is 0 Å². The second kappa shape index (κ2) is 6.10. The Morgan fingerprint density at radius 3 is 2.90 bits per heavy atom. The first-order chi connectivity index (χ1) is 9.81. The number of nitrogens with one attached hydrogen (secondary N) is 1. The van der Waals surface area contributed by atoms with Gasteiger partial charge in [0.05, 0.1) is 12.2 Å². The van der Waals surface area contributed by atoms with Gasteiger partial charge < -0.3 is 5.32 Å². The van der Waals surface area contributed by atoms with Crippen molar-refractivity contribution in [2.45, 2.75) is 52.1 Å². The standard InChI is InChI=1S/C16H23N3S/c1-3-17-16(13-10-18-19(4-2)11-13)15-9-12-7-5-6-8-14(12)20-15/h9-11,16-17H,3-8H2,1-2H3. The lowest BCUT2D eigenvalue weighted by molar-refractivity contribution is 0.632. The third-order valence-electron chi connectivity index (χ3n) is 4.02. The summed E-state index contributed by atoms with van der Waals surface area (Å²) in [5, 5.41) is 8.05. The van der Waals surface area contributed by atoms with Gasteiger partial charge in [-0.3, -0.25) is 4.68 Å². The van der Waals surface area contributed by atoms with Gasteiger partial charge in [0, 0.05) is 28.1 Å². The zero-order valence-electron chi connectivity index (χ0n) is 12.4. The van der Waals surface area contributed by atoms with E-state index in [0.29, 0.717) is 6.04 Å². The lowest BCUT2D eigenvalue weighted by atomic mass is 9.98. The topological polar surface area (TPSA) is 29.9 Å². The summed E-state index contributed by atoms with van der Waals surface area (Å²) >= 11 is 2.00. The molecule has 1 unspecified atom stereocenters. The van der Waals surface area contributed by atoms with Crippen LogP contribution >= 0.6 is 11.3 Å². The third kappa shape index (κ3) is 2.67. The van der Waals surface area contributed by atoms with Gasteiger partial charge in [-0.2, -0.15) is 5.10 Å². The molecular weight excluding hydrogens is 266 g/mol. The molecule has 1 atom stereocenters. The van der Waals surface area contributed by atoms with Gasteiger partial charge in [0.2, 0.25) is 0 Å². The number of aromatic nitrogens is 2. The molecular formula is C16H23N3S. The smallest absolute Gasteiger partial charge is 0.0702 e. The minimum atomic E-state index is 0.302. The van der Waals surface area contributed by atoms with E-state index in [2.05, 4.69) is 36.5 Å². The van der Waals surface area contributed by atoms with Crippen LogP contribution in [0.1, 0.15) is 53.6 Å². The van der Waals surface area contributed by atoms with Crippen LogP contribution in [0.5, 0.6) is 0 Å². The zero-order chi connectivity index (χ0) is 13.9. The van der Waals surface area contributed by atoms with E-state index in [1.54, 1.807) is 10.4 Å². The van der Waals surface area contributed by atoms with Gasteiger partial charge in [-0.15, -0.1) is 11.3 Å². The summed E-state index contributed by atoms with van der Waals surface area (Å²) in [5.74, 6) is 0. The molecule has 3 rings (SSSR count). The van der Waals surface area contributed by atoms with Crippen molar-refractivity contribution in [2.24, 2.45) is 0 Å². The van der Waals surface area contributed by atoms with Crippen molar-refractivity contribution < 1.29 is 0 Å². The first kappa shape index (κ1) is 13.8. The van der Waals surface area contributed by atoms with E-state index in [0.717, 1.165) is 13.1 Å². The highest BCUT2D eigenvalue weighted by atomic mass is 32.1. The molecule has 2 heterocycles. The summed E-state index contributed by atoms with van der Waals surface area (Å²) in [7, 11) is 0. The molecule has 4 heteroatoms. The van der Waals surface area contributed by atoms with Crippen molar-refractivity contribution in [1.82, 2.24) is 15.1 Å². The molecule has 2 aromatic rings. The molecule has 0 aliphatic heterocycles. The molecule has 0 bridgehead atoms. The molecule has 0 amide bonds. The molecule has 20 heavy (non-hydrogen) atoms. The maximum Gasteiger partial charge on any atom is 0.0702 e. The van der Waals surface area contributed by atoms with E-state index in [-0.39, 0.29) is 0 Å². The highest BCUT2D eigenvalue weighted by molar-refractivity contribution is 7.12. The van der Waals surface area contributed by atoms with Crippen LogP contribution in [0.15, 0.2) is 18.5 Å². The van der Waals surface area contributed by atoms with Crippen LogP contribution < -0.4 is 5.32 Å². The summed E-state index contributed by atoms with van der Waals surface area (Å²) in [6.45, 7) is 6.21. The van der Waals surface area contributed by atoms with E-state index >= 15 is 0 Å². The normalized spacial score (nSPS) is 16.1. The van der Waals surface area contributed by atoms with Crippen molar-refractivity contribution in [2.75, 3.05) is 6.54 Å². The Labute approximate surface area is 125 Å². The Morgan fingerprint density at radius 1 is 1.35 bits per heavy atom. The first-order valence-corrected chi connectivity index (χ1v) is 8.50. The number of thiophene rings is 1. The van der Waals surface area contributed by atoms with Gasteiger partial charge in [-0.1, -0.05) is 6.92 Å². The largest absolute Gasteiger partial charge is 0.306 e. The molecule has 0 fully saturated rings. The Bertz CT molecular complexity index is 547.